The molecule has 6 nitrogen and oxygen atoms in total. The van der Waals surface area contributed by atoms with Crippen LogP contribution >= 0.6 is 0 Å². The molecule has 3 saturated carbocycles. The number of rotatable bonds is 2. The Morgan fingerprint density at radius 1 is 0.979 bits per heavy atom. The van der Waals surface area contributed by atoms with Crippen LogP contribution in [0.5, 0.6) is 0 Å². The lowest BCUT2D eigenvalue weighted by molar-refractivity contribution is -0.124. The monoisotopic (exact) mass is 649 g/mol. The molecule has 2 unspecified atom stereocenters. The lowest BCUT2D eigenvalue weighted by Crippen LogP contribution is -2.59. The molecule has 1 N–H and O–H groups in total. The van der Waals surface area contributed by atoms with Gasteiger partial charge in [-0.15, -0.1) is 0 Å². The van der Waals surface area contributed by atoms with Gasteiger partial charge >= 0.3 is 6.09 Å². The first-order chi connectivity index (χ1) is 23.1. The molecule has 0 bridgehead atoms. The van der Waals surface area contributed by atoms with Gasteiger partial charge in [-0.1, -0.05) is 81.0 Å². The molecule has 0 radical (unpaired) electrons. The van der Waals surface area contributed by atoms with Crippen LogP contribution in [-0.2, 0) is 14.2 Å². The van der Waals surface area contributed by atoms with Gasteiger partial charge in [0.05, 0.1) is 18.2 Å². The van der Waals surface area contributed by atoms with Gasteiger partial charge in [0.15, 0.2) is 0 Å². The molecule has 48 heavy (non-hydrogen) atoms. The molecule has 2 aromatic rings. The third kappa shape index (κ3) is 3.68. The Hall–Kier alpha value is -2.67. The molecule has 12 atom stereocenters. The van der Waals surface area contributed by atoms with Crippen LogP contribution in [0.3, 0.4) is 0 Å². The molecule has 1 amide bonds. The SMILES string of the molecule is C[C@H]1C[C@H]2O[C@]3(CC[C@H]4[C@@H]5CC=C6C[C@@H](O)CC[C@]6(C)[C@H]5CC45OC53C)[C@H](C)[C@@H]2N(C(=O)OCC2c3ccccc3-c3ccccc32)C1. The van der Waals surface area contributed by atoms with Crippen LogP contribution < -0.4 is 0 Å². The van der Waals surface area contributed by atoms with Gasteiger partial charge in [-0.3, -0.25) is 0 Å². The highest BCUT2D eigenvalue weighted by Crippen LogP contribution is 2.78. The Morgan fingerprint density at radius 2 is 1.71 bits per heavy atom. The van der Waals surface area contributed by atoms with Crippen molar-refractivity contribution in [3.63, 3.8) is 0 Å². The number of nitrogens with zero attached hydrogens (tertiary/aromatic N) is 1. The molecule has 8 aliphatic rings. The predicted octanol–water partition coefficient (Wildman–Crippen LogP) is 7.87. The smallest absolute Gasteiger partial charge is 0.410 e. The molecule has 2 aromatic carbocycles. The number of aliphatic hydroxyl groups is 1. The summed E-state index contributed by atoms with van der Waals surface area (Å²) in [5, 5.41) is 10.5. The zero-order chi connectivity index (χ0) is 32.8. The van der Waals surface area contributed by atoms with Gasteiger partial charge in [0.2, 0.25) is 0 Å². The van der Waals surface area contributed by atoms with E-state index in [1.54, 1.807) is 0 Å². The summed E-state index contributed by atoms with van der Waals surface area (Å²) in [5.74, 6) is 2.33. The highest BCUT2D eigenvalue weighted by atomic mass is 16.7. The van der Waals surface area contributed by atoms with Crippen LogP contribution in [0.25, 0.3) is 11.1 Å². The number of piperidine rings is 1. The molecule has 3 heterocycles. The number of carbonyl (C=O) groups is 1. The van der Waals surface area contributed by atoms with E-state index in [0.29, 0.717) is 36.8 Å². The number of epoxide rings is 1. The van der Waals surface area contributed by atoms with Gasteiger partial charge in [0.1, 0.15) is 23.4 Å². The Bertz CT molecular complexity index is 1680. The minimum absolute atomic E-state index is 0.00634. The molecular weight excluding hydrogens is 598 g/mol. The van der Waals surface area contributed by atoms with Crippen molar-refractivity contribution in [2.24, 2.45) is 35.0 Å². The molecule has 3 aliphatic heterocycles. The zero-order valence-corrected chi connectivity index (χ0v) is 29.0. The Kier molecular flexibility index (Phi) is 6.27. The van der Waals surface area contributed by atoms with E-state index < -0.39 is 5.60 Å². The number of ether oxygens (including phenoxy) is 3. The van der Waals surface area contributed by atoms with Crippen molar-refractivity contribution >= 4 is 6.09 Å². The third-order valence-corrected chi connectivity index (χ3v) is 15.6. The average Bonchev–Trinajstić information content (AvgIpc) is 3.28. The van der Waals surface area contributed by atoms with E-state index in [1.807, 2.05) is 0 Å². The summed E-state index contributed by atoms with van der Waals surface area (Å²) in [4.78, 5) is 16.2. The van der Waals surface area contributed by atoms with E-state index in [0.717, 1.165) is 51.4 Å². The van der Waals surface area contributed by atoms with Gasteiger partial charge in [0.25, 0.3) is 0 Å². The first kappa shape index (κ1) is 30.2. The first-order valence-electron chi connectivity index (χ1n) is 19.0. The van der Waals surface area contributed by atoms with E-state index in [2.05, 4.69) is 87.2 Å². The molecule has 10 rings (SSSR count). The maximum atomic E-state index is 14.2. The van der Waals surface area contributed by atoms with Crippen molar-refractivity contribution in [3.8, 4) is 11.1 Å². The molecule has 3 saturated heterocycles. The number of carbonyl (C=O) groups excluding carboxylic acids is 1. The van der Waals surface area contributed by atoms with E-state index >= 15 is 0 Å². The van der Waals surface area contributed by atoms with Gasteiger partial charge < -0.3 is 24.2 Å². The van der Waals surface area contributed by atoms with Crippen LogP contribution in [-0.4, -0.2) is 64.3 Å². The Morgan fingerprint density at radius 3 is 2.46 bits per heavy atom. The fraction of sp³-hybridized carbons (Fsp3) is 0.643. The van der Waals surface area contributed by atoms with Crippen molar-refractivity contribution in [3.05, 3.63) is 71.3 Å². The average molecular weight is 650 g/mol. The number of likely N-dealkylation sites (tertiary alicyclic amines) is 1. The summed E-state index contributed by atoms with van der Waals surface area (Å²) in [6, 6.07) is 17.1. The standard InChI is InChI=1S/C42H51NO5/c1-24-19-36-37(43(22-24)38(45)46-23-33-30-11-7-5-9-28(30)29-10-6-8-12-31(29)33)25(2)41(47-36)18-16-34-32-14-13-26-20-27(44)15-17-39(26,3)35(32)21-42(34)40(41,4)48-42/h5-13,24-25,27,32-37,44H,14-23H2,1-4H3/t24-,25+,27-,32-,34-,35-,36+,37-,39-,40?,41+,42?/m0/s1. The van der Waals surface area contributed by atoms with Crippen LogP contribution in [0.4, 0.5) is 4.79 Å². The summed E-state index contributed by atoms with van der Waals surface area (Å²) in [6.07, 6.45) is 10.2. The largest absolute Gasteiger partial charge is 0.448 e. The van der Waals surface area contributed by atoms with Crippen molar-refractivity contribution in [1.82, 2.24) is 4.90 Å². The number of benzene rings is 2. The summed E-state index contributed by atoms with van der Waals surface area (Å²) in [7, 11) is 0. The van der Waals surface area contributed by atoms with Crippen LogP contribution in [0.15, 0.2) is 60.2 Å². The highest BCUT2D eigenvalue weighted by molar-refractivity contribution is 5.79. The third-order valence-electron chi connectivity index (χ3n) is 15.6. The normalized spacial score (nSPS) is 46.4. The van der Waals surface area contributed by atoms with Crippen molar-refractivity contribution in [1.29, 1.82) is 0 Å². The number of allylic oxidation sites excluding steroid dienone is 1. The minimum atomic E-state index is -0.405. The Balaban J connectivity index is 0.910. The lowest BCUT2D eigenvalue weighted by atomic mass is 9.56. The lowest BCUT2D eigenvalue weighted by Gasteiger charge is -2.49. The second kappa shape index (κ2) is 9.98. The van der Waals surface area contributed by atoms with Gasteiger partial charge in [-0.2, -0.15) is 0 Å². The number of hydrogen-bond donors (Lipinski definition) is 1. The minimum Gasteiger partial charge on any atom is -0.448 e. The molecular formula is C42H51NO5. The topological polar surface area (TPSA) is 71.5 Å². The summed E-state index contributed by atoms with van der Waals surface area (Å²) >= 11 is 0. The predicted molar refractivity (Wildman–Crippen MR) is 183 cm³/mol. The number of amides is 1. The van der Waals surface area contributed by atoms with E-state index in [1.165, 1.54) is 27.8 Å². The Labute approximate surface area is 285 Å². The first-order valence-corrected chi connectivity index (χ1v) is 19.0. The quantitative estimate of drug-likeness (QED) is 0.265. The fourth-order valence-electron chi connectivity index (χ4n) is 13.4. The highest BCUT2D eigenvalue weighted by Gasteiger charge is 2.87. The maximum Gasteiger partial charge on any atom is 0.410 e. The van der Waals surface area contributed by atoms with Gasteiger partial charge in [0, 0.05) is 18.4 Å². The maximum absolute atomic E-state index is 14.2. The molecule has 254 valence electrons. The number of fused-ring (bicyclic) bond motifs is 9. The van der Waals surface area contributed by atoms with Crippen LogP contribution in [0, 0.1) is 35.0 Å². The molecule has 6 heteroatoms. The molecule has 2 spiro atoms. The van der Waals surface area contributed by atoms with E-state index in [4.69, 9.17) is 14.2 Å². The fourth-order valence-corrected chi connectivity index (χ4v) is 13.4. The second-order valence-corrected chi connectivity index (χ2v) is 17.5. The summed E-state index contributed by atoms with van der Waals surface area (Å²) in [6.45, 7) is 10.5. The summed E-state index contributed by atoms with van der Waals surface area (Å²) in [5.41, 5.74) is 5.74. The summed E-state index contributed by atoms with van der Waals surface area (Å²) < 4.78 is 20.9. The number of aliphatic hydroxyl groups excluding tert-OH is 1. The van der Waals surface area contributed by atoms with Gasteiger partial charge in [-0.25, -0.2) is 4.79 Å². The van der Waals surface area contributed by atoms with Crippen LogP contribution in [0.1, 0.15) is 96.1 Å². The van der Waals surface area contributed by atoms with E-state index in [9.17, 15) is 9.90 Å². The van der Waals surface area contributed by atoms with E-state index in [-0.39, 0.29) is 52.8 Å². The molecule has 6 fully saturated rings. The van der Waals surface area contributed by atoms with Gasteiger partial charge in [-0.05, 0) is 110 Å². The van der Waals surface area contributed by atoms with Crippen LogP contribution in [0.2, 0.25) is 0 Å². The zero-order valence-electron chi connectivity index (χ0n) is 29.0. The molecule has 0 aromatic heterocycles. The van der Waals surface area contributed by atoms with Crippen molar-refractivity contribution < 1.29 is 24.1 Å². The molecule has 5 aliphatic carbocycles. The second-order valence-electron chi connectivity index (χ2n) is 17.5. The van der Waals surface area contributed by atoms with Crippen molar-refractivity contribution in [2.45, 2.75) is 120 Å². The number of hydrogen-bond acceptors (Lipinski definition) is 5. The van der Waals surface area contributed by atoms with Crippen molar-refractivity contribution in [2.75, 3.05) is 13.2 Å².